The van der Waals surface area contributed by atoms with Gasteiger partial charge in [0.1, 0.15) is 11.6 Å². The molecule has 1 atom stereocenters. The molecule has 0 amide bonds. The van der Waals surface area contributed by atoms with Crippen molar-refractivity contribution in [3.63, 3.8) is 0 Å². The summed E-state index contributed by atoms with van der Waals surface area (Å²) in [4.78, 5) is 8.97. The molecule has 0 aliphatic carbocycles. The van der Waals surface area contributed by atoms with Gasteiger partial charge >= 0.3 is 0 Å². The van der Waals surface area contributed by atoms with E-state index in [4.69, 9.17) is 0 Å². The molecule has 5 nitrogen and oxygen atoms in total. The molecule has 0 aromatic carbocycles. The summed E-state index contributed by atoms with van der Waals surface area (Å²) in [6.45, 7) is 4.28. The molecule has 19 heavy (non-hydrogen) atoms. The standard InChI is InChI=1S/C13H21N3O2S/c1-9(2)6-11-7-12(14-3)16-13(15-11)10-4-5-19(17,18)8-10/h7,9-10H,4-6,8H2,1-3H3,(H,14,15,16). The lowest BCUT2D eigenvalue weighted by atomic mass is 10.1. The van der Waals surface area contributed by atoms with E-state index in [1.54, 1.807) is 0 Å². The van der Waals surface area contributed by atoms with Crippen LogP contribution >= 0.6 is 0 Å². The second kappa shape index (κ2) is 5.45. The Labute approximate surface area is 114 Å². The van der Waals surface area contributed by atoms with Crippen LogP contribution in [0.4, 0.5) is 5.82 Å². The fraction of sp³-hybridized carbons (Fsp3) is 0.692. The van der Waals surface area contributed by atoms with E-state index in [-0.39, 0.29) is 17.4 Å². The first-order valence-corrected chi connectivity index (χ1v) is 8.48. The van der Waals surface area contributed by atoms with Crippen LogP contribution in [0, 0.1) is 5.92 Å². The normalized spacial score (nSPS) is 21.8. The monoisotopic (exact) mass is 283 g/mol. The lowest BCUT2D eigenvalue weighted by Gasteiger charge is -2.12. The Balaban J connectivity index is 2.29. The Morgan fingerprint density at radius 3 is 2.68 bits per heavy atom. The Bertz CT molecular complexity index is 555. The highest BCUT2D eigenvalue weighted by Gasteiger charge is 2.31. The van der Waals surface area contributed by atoms with Gasteiger partial charge in [-0.25, -0.2) is 18.4 Å². The maximum atomic E-state index is 11.6. The van der Waals surface area contributed by atoms with Crippen molar-refractivity contribution in [1.82, 2.24) is 9.97 Å². The summed E-state index contributed by atoms with van der Waals surface area (Å²) < 4.78 is 23.1. The van der Waals surface area contributed by atoms with Gasteiger partial charge in [-0.05, 0) is 18.8 Å². The predicted octanol–water partition coefficient (Wildman–Crippen LogP) is 1.62. The molecular formula is C13H21N3O2S. The quantitative estimate of drug-likeness (QED) is 0.909. The van der Waals surface area contributed by atoms with E-state index in [0.717, 1.165) is 17.9 Å². The molecule has 1 aromatic heterocycles. The van der Waals surface area contributed by atoms with Gasteiger partial charge in [0.2, 0.25) is 0 Å². The Morgan fingerprint density at radius 1 is 1.42 bits per heavy atom. The summed E-state index contributed by atoms with van der Waals surface area (Å²) in [5.41, 5.74) is 0.980. The van der Waals surface area contributed by atoms with Crippen LogP contribution in [0.2, 0.25) is 0 Å². The summed E-state index contributed by atoms with van der Waals surface area (Å²) in [5.74, 6) is 2.34. The first-order chi connectivity index (χ1) is 8.89. The zero-order valence-corrected chi connectivity index (χ0v) is 12.5. The van der Waals surface area contributed by atoms with E-state index >= 15 is 0 Å². The summed E-state index contributed by atoms with van der Waals surface area (Å²) in [6, 6.07) is 1.94. The van der Waals surface area contributed by atoms with Crippen molar-refractivity contribution in [1.29, 1.82) is 0 Å². The van der Waals surface area contributed by atoms with Crippen molar-refractivity contribution in [2.45, 2.75) is 32.6 Å². The van der Waals surface area contributed by atoms with Crippen LogP contribution in [0.3, 0.4) is 0 Å². The molecule has 1 fully saturated rings. The lowest BCUT2D eigenvalue weighted by molar-refractivity contribution is 0.600. The van der Waals surface area contributed by atoms with Gasteiger partial charge in [0.25, 0.3) is 0 Å². The smallest absolute Gasteiger partial charge is 0.151 e. The second-order valence-corrected chi connectivity index (χ2v) is 7.78. The fourth-order valence-corrected chi connectivity index (χ4v) is 4.09. The number of hydrogen-bond acceptors (Lipinski definition) is 5. The minimum Gasteiger partial charge on any atom is -0.373 e. The maximum absolute atomic E-state index is 11.6. The van der Waals surface area contributed by atoms with Crippen LogP contribution in [0.25, 0.3) is 0 Å². The fourth-order valence-electron chi connectivity index (χ4n) is 2.35. The third-order valence-corrected chi connectivity index (χ3v) is 5.04. The number of nitrogens with one attached hydrogen (secondary N) is 1. The number of rotatable bonds is 4. The third kappa shape index (κ3) is 3.65. The van der Waals surface area contributed by atoms with Crippen molar-refractivity contribution >= 4 is 15.7 Å². The first kappa shape index (κ1) is 14.2. The van der Waals surface area contributed by atoms with Crippen molar-refractivity contribution < 1.29 is 8.42 Å². The molecule has 0 saturated carbocycles. The molecule has 2 rings (SSSR count). The Kier molecular flexibility index (Phi) is 4.08. The molecule has 1 saturated heterocycles. The molecular weight excluding hydrogens is 262 g/mol. The second-order valence-electron chi connectivity index (χ2n) is 5.55. The summed E-state index contributed by atoms with van der Waals surface area (Å²) >= 11 is 0. The van der Waals surface area contributed by atoms with Crippen molar-refractivity contribution in [2.75, 3.05) is 23.9 Å². The van der Waals surface area contributed by atoms with Crippen LogP contribution < -0.4 is 5.32 Å². The number of aromatic nitrogens is 2. The van der Waals surface area contributed by atoms with Crippen LogP contribution in [0.1, 0.15) is 37.7 Å². The molecule has 1 unspecified atom stereocenters. The maximum Gasteiger partial charge on any atom is 0.151 e. The van der Waals surface area contributed by atoms with Crippen LogP contribution in [0.15, 0.2) is 6.07 Å². The van der Waals surface area contributed by atoms with Crippen molar-refractivity contribution in [3.05, 3.63) is 17.6 Å². The predicted molar refractivity (Wildman–Crippen MR) is 76.1 cm³/mol. The molecule has 2 heterocycles. The molecule has 1 aromatic rings. The molecule has 1 aliphatic heterocycles. The first-order valence-electron chi connectivity index (χ1n) is 6.65. The third-order valence-electron chi connectivity index (χ3n) is 3.27. The van der Waals surface area contributed by atoms with Crippen LogP contribution in [0.5, 0.6) is 0 Å². The Morgan fingerprint density at radius 2 is 2.16 bits per heavy atom. The van der Waals surface area contributed by atoms with Gasteiger partial charge in [-0.1, -0.05) is 13.8 Å². The molecule has 6 heteroatoms. The topological polar surface area (TPSA) is 72.0 Å². The van der Waals surface area contributed by atoms with Gasteiger partial charge in [0.15, 0.2) is 9.84 Å². The number of nitrogens with zero attached hydrogens (tertiary/aromatic N) is 2. The highest BCUT2D eigenvalue weighted by molar-refractivity contribution is 7.91. The molecule has 106 valence electrons. The lowest BCUT2D eigenvalue weighted by Crippen LogP contribution is -2.11. The molecule has 0 radical (unpaired) electrons. The number of sulfone groups is 1. The summed E-state index contributed by atoms with van der Waals surface area (Å²) in [7, 11) is -1.08. The number of hydrogen-bond donors (Lipinski definition) is 1. The highest BCUT2D eigenvalue weighted by Crippen LogP contribution is 2.27. The number of anilines is 1. The van der Waals surface area contributed by atoms with Gasteiger partial charge in [-0.3, -0.25) is 0 Å². The van der Waals surface area contributed by atoms with Gasteiger partial charge in [0, 0.05) is 24.7 Å². The van der Waals surface area contributed by atoms with Crippen molar-refractivity contribution in [3.8, 4) is 0 Å². The zero-order valence-electron chi connectivity index (χ0n) is 11.7. The zero-order chi connectivity index (χ0) is 14.0. The van der Waals surface area contributed by atoms with E-state index < -0.39 is 9.84 Å². The SMILES string of the molecule is CNc1cc(CC(C)C)nc(C2CCS(=O)(=O)C2)n1. The average Bonchev–Trinajstić information content (AvgIpc) is 2.68. The van der Waals surface area contributed by atoms with Gasteiger partial charge in [-0.15, -0.1) is 0 Å². The highest BCUT2D eigenvalue weighted by atomic mass is 32.2. The van der Waals surface area contributed by atoms with E-state index in [1.165, 1.54) is 0 Å². The minimum atomic E-state index is -2.90. The molecule has 1 N–H and O–H groups in total. The molecule has 0 spiro atoms. The summed E-state index contributed by atoms with van der Waals surface area (Å²) in [5, 5.41) is 3.02. The van der Waals surface area contributed by atoms with E-state index in [1.807, 2.05) is 13.1 Å². The van der Waals surface area contributed by atoms with Gasteiger partial charge in [0.05, 0.1) is 11.5 Å². The summed E-state index contributed by atoms with van der Waals surface area (Å²) in [6.07, 6.45) is 1.51. The van der Waals surface area contributed by atoms with Crippen LogP contribution in [-0.4, -0.2) is 36.9 Å². The Hall–Kier alpha value is -1.17. The van der Waals surface area contributed by atoms with E-state index in [9.17, 15) is 8.42 Å². The largest absolute Gasteiger partial charge is 0.373 e. The van der Waals surface area contributed by atoms with Crippen molar-refractivity contribution in [2.24, 2.45) is 5.92 Å². The van der Waals surface area contributed by atoms with E-state index in [2.05, 4.69) is 29.1 Å². The molecule has 1 aliphatic rings. The average molecular weight is 283 g/mol. The van der Waals surface area contributed by atoms with Crippen LogP contribution in [-0.2, 0) is 16.3 Å². The molecule has 0 bridgehead atoms. The van der Waals surface area contributed by atoms with Gasteiger partial charge < -0.3 is 5.32 Å². The van der Waals surface area contributed by atoms with E-state index in [0.29, 0.717) is 18.2 Å². The minimum absolute atomic E-state index is 0.0517. The van der Waals surface area contributed by atoms with Gasteiger partial charge in [-0.2, -0.15) is 0 Å².